The van der Waals surface area contributed by atoms with Crippen molar-refractivity contribution < 1.29 is 14.6 Å². The van der Waals surface area contributed by atoms with E-state index in [-0.39, 0.29) is 6.04 Å². The van der Waals surface area contributed by atoms with Crippen LogP contribution in [0.5, 0.6) is 5.75 Å². The first-order valence-corrected chi connectivity index (χ1v) is 9.48. The van der Waals surface area contributed by atoms with Crippen LogP contribution in [0.3, 0.4) is 0 Å². The summed E-state index contributed by atoms with van der Waals surface area (Å²) < 4.78 is 5.74. The van der Waals surface area contributed by atoms with Crippen LogP contribution >= 0.6 is 0 Å². The van der Waals surface area contributed by atoms with Crippen LogP contribution in [-0.2, 0) is 11.2 Å². The number of aliphatic carboxylic acids is 1. The number of aromatic nitrogens is 1. The third kappa shape index (κ3) is 3.43. The number of carboxylic acids is 1. The van der Waals surface area contributed by atoms with E-state index in [4.69, 9.17) is 4.74 Å². The summed E-state index contributed by atoms with van der Waals surface area (Å²) in [6.45, 7) is 2.85. The number of hydrogen-bond acceptors (Lipinski definition) is 3. The zero-order chi connectivity index (χ0) is 18.8. The van der Waals surface area contributed by atoms with Gasteiger partial charge in [0, 0.05) is 23.0 Å². The van der Waals surface area contributed by atoms with Crippen LogP contribution in [0.25, 0.3) is 10.9 Å². The molecule has 5 heteroatoms. The fraction of sp³-hybridized carbons (Fsp3) is 0.318. The Balaban J connectivity index is 1.68. The minimum atomic E-state index is -0.824. The van der Waals surface area contributed by atoms with Crippen LogP contribution < -0.4 is 10.1 Å². The summed E-state index contributed by atoms with van der Waals surface area (Å²) in [6.07, 6.45) is 2.61. The first-order valence-electron chi connectivity index (χ1n) is 9.48. The number of benzene rings is 2. The maximum absolute atomic E-state index is 11.7. The lowest BCUT2D eigenvalue weighted by molar-refractivity contribution is -0.139. The van der Waals surface area contributed by atoms with E-state index in [9.17, 15) is 9.90 Å². The summed E-state index contributed by atoms with van der Waals surface area (Å²) in [5.41, 5.74) is 4.20. The summed E-state index contributed by atoms with van der Waals surface area (Å²) in [5, 5.41) is 14.0. The van der Waals surface area contributed by atoms with E-state index in [0.717, 1.165) is 46.3 Å². The van der Waals surface area contributed by atoms with Gasteiger partial charge in [0.15, 0.2) is 0 Å². The predicted octanol–water partition coefficient (Wildman–Crippen LogP) is 4.04. The standard InChI is InChI=1S/C22H24N2O3/c1-2-3-12-27-15-10-8-14(9-11-15)20-21-17(13-19(24-20)22(25)26)16-6-4-5-7-18(16)23-21/h4-11,19-20,23-24H,2-3,12-13H2,1H3,(H,25,26). The molecule has 2 unspecified atom stereocenters. The maximum atomic E-state index is 11.7. The van der Waals surface area contributed by atoms with Gasteiger partial charge in [0.25, 0.3) is 0 Å². The molecule has 0 amide bonds. The Labute approximate surface area is 158 Å². The molecule has 0 fully saturated rings. The normalized spacial score (nSPS) is 19.0. The van der Waals surface area contributed by atoms with Crippen molar-refractivity contribution in [1.82, 2.24) is 10.3 Å². The van der Waals surface area contributed by atoms with Crippen LogP contribution in [0.4, 0.5) is 0 Å². The number of carboxylic acid groups (broad SMARTS) is 1. The van der Waals surface area contributed by atoms with Gasteiger partial charge in [-0.2, -0.15) is 0 Å². The third-order valence-electron chi connectivity index (χ3n) is 5.19. The van der Waals surface area contributed by atoms with Gasteiger partial charge in [-0.15, -0.1) is 0 Å². The highest BCUT2D eigenvalue weighted by atomic mass is 16.5. The second kappa shape index (κ2) is 7.45. The number of ether oxygens (including phenoxy) is 1. The van der Waals surface area contributed by atoms with Crippen molar-refractivity contribution in [2.24, 2.45) is 0 Å². The lowest BCUT2D eigenvalue weighted by Gasteiger charge is -2.29. The molecule has 1 aromatic heterocycles. The molecular weight excluding hydrogens is 340 g/mol. The van der Waals surface area contributed by atoms with Gasteiger partial charge in [-0.1, -0.05) is 43.7 Å². The number of unbranched alkanes of at least 4 members (excludes halogenated alkanes) is 1. The molecule has 0 saturated heterocycles. The van der Waals surface area contributed by atoms with Crippen LogP contribution in [0.2, 0.25) is 0 Å². The Morgan fingerprint density at radius 1 is 1.19 bits per heavy atom. The molecule has 0 saturated carbocycles. The van der Waals surface area contributed by atoms with Gasteiger partial charge in [-0.05, 0) is 35.7 Å². The predicted molar refractivity (Wildman–Crippen MR) is 105 cm³/mol. The Hall–Kier alpha value is -2.79. The lowest BCUT2D eigenvalue weighted by Crippen LogP contribution is -2.44. The van der Waals surface area contributed by atoms with Gasteiger partial charge in [0.05, 0.1) is 12.6 Å². The maximum Gasteiger partial charge on any atom is 0.321 e. The molecule has 2 atom stereocenters. The molecule has 0 bridgehead atoms. The number of hydrogen-bond donors (Lipinski definition) is 3. The summed E-state index contributed by atoms with van der Waals surface area (Å²) in [4.78, 5) is 15.2. The molecule has 1 aliphatic rings. The van der Waals surface area contributed by atoms with E-state index in [0.29, 0.717) is 13.0 Å². The number of para-hydroxylation sites is 1. The second-order valence-corrected chi connectivity index (χ2v) is 7.03. The number of aromatic amines is 1. The van der Waals surface area contributed by atoms with Gasteiger partial charge in [0.2, 0.25) is 0 Å². The molecule has 3 aromatic rings. The summed E-state index contributed by atoms with van der Waals surface area (Å²) in [5.74, 6) is 0.0186. The quantitative estimate of drug-likeness (QED) is 0.577. The minimum absolute atomic E-state index is 0.188. The van der Waals surface area contributed by atoms with Gasteiger partial charge < -0.3 is 14.8 Å². The zero-order valence-electron chi connectivity index (χ0n) is 15.4. The third-order valence-corrected chi connectivity index (χ3v) is 5.19. The molecule has 140 valence electrons. The highest BCUT2D eigenvalue weighted by Crippen LogP contribution is 2.35. The molecule has 27 heavy (non-hydrogen) atoms. The van der Waals surface area contributed by atoms with Crippen molar-refractivity contribution in [1.29, 1.82) is 0 Å². The number of H-pyrrole nitrogens is 1. The smallest absolute Gasteiger partial charge is 0.321 e. The van der Waals surface area contributed by atoms with Crippen molar-refractivity contribution in [2.75, 3.05) is 6.61 Å². The van der Waals surface area contributed by atoms with E-state index < -0.39 is 12.0 Å². The van der Waals surface area contributed by atoms with Crippen molar-refractivity contribution in [3.8, 4) is 5.75 Å². The largest absolute Gasteiger partial charge is 0.494 e. The molecule has 0 aliphatic carbocycles. The number of rotatable bonds is 6. The molecule has 2 heterocycles. The van der Waals surface area contributed by atoms with Gasteiger partial charge in [0.1, 0.15) is 11.8 Å². The van der Waals surface area contributed by atoms with Gasteiger partial charge in [-0.3, -0.25) is 10.1 Å². The summed E-state index contributed by atoms with van der Waals surface area (Å²) in [6, 6.07) is 15.2. The molecule has 5 nitrogen and oxygen atoms in total. The minimum Gasteiger partial charge on any atom is -0.494 e. The Morgan fingerprint density at radius 2 is 1.96 bits per heavy atom. The van der Waals surface area contributed by atoms with E-state index in [1.807, 2.05) is 42.5 Å². The van der Waals surface area contributed by atoms with Crippen molar-refractivity contribution >= 4 is 16.9 Å². The van der Waals surface area contributed by atoms with E-state index in [2.05, 4.69) is 23.3 Å². The van der Waals surface area contributed by atoms with Gasteiger partial charge >= 0.3 is 5.97 Å². The second-order valence-electron chi connectivity index (χ2n) is 7.03. The molecule has 0 spiro atoms. The summed E-state index contributed by atoms with van der Waals surface area (Å²) >= 11 is 0. The van der Waals surface area contributed by atoms with Crippen molar-refractivity contribution in [2.45, 2.75) is 38.3 Å². The summed E-state index contributed by atoms with van der Waals surface area (Å²) in [7, 11) is 0. The molecule has 4 rings (SSSR count). The van der Waals surface area contributed by atoms with Crippen LogP contribution in [-0.4, -0.2) is 28.7 Å². The molecule has 1 aliphatic heterocycles. The average molecular weight is 364 g/mol. The molecule has 0 radical (unpaired) electrons. The SMILES string of the molecule is CCCCOc1ccc(C2NC(C(=O)O)Cc3c2[nH]c2ccccc32)cc1. The molecule has 2 aromatic carbocycles. The van der Waals surface area contributed by atoms with E-state index in [1.54, 1.807) is 0 Å². The first-order chi connectivity index (χ1) is 13.2. The Bertz CT molecular complexity index is 946. The number of fused-ring (bicyclic) bond motifs is 3. The van der Waals surface area contributed by atoms with Crippen molar-refractivity contribution in [3.63, 3.8) is 0 Å². The van der Waals surface area contributed by atoms with Crippen molar-refractivity contribution in [3.05, 3.63) is 65.4 Å². The van der Waals surface area contributed by atoms with Crippen LogP contribution in [0.15, 0.2) is 48.5 Å². The highest BCUT2D eigenvalue weighted by Gasteiger charge is 2.33. The molecular formula is C22H24N2O3. The fourth-order valence-corrected chi connectivity index (χ4v) is 3.75. The highest BCUT2D eigenvalue weighted by molar-refractivity contribution is 5.87. The Morgan fingerprint density at radius 3 is 2.70 bits per heavy atom. The van der Waals surface area contributed by atoms with Crippen LogP contribution in [0.1, 0.15) is 42.6 Å². The molecule has 3 N–H and O–H groups in total. The first kappa shape index (κ1) is 17.6. The monoisotopic (exact) mass is 364 g/mol. The fourth-order valence-electron chi connectivity index (χ4n) is 3.75. The van der Waals surface area contributed by atoms with E-state index in [1.165, 1.54) is 0 Å². The Kier molecular flexibility index (Phi) is 4.86. The number of nitrogens with one attached hydrogen (secondary N) is 2. The topological polar surface area (TPSA) is 74.3 Å². The van der Waals surface area contributed by atoms with E-state index >= 15 is 0 Å². The average Bonchev–Trinajstić information content (AvgIpc) is 3.07. The number of carbonyl (C=O) groups is 1. The lowest BCUT2D eigenvalue weighted by atomic mass is 9.90. The van der Waals surface area contributed by atoms with Gasteiger partial charge in [-0.25, -0.2) is 0 Å². The zero-order valence-corrected chi connectivity index (χ0v) is 15.4. The van der Waals surface area contributed by atoms with Crippen LogP contribution in [0, 0.1) is 0 Å².